The van der Waals surface area contributed by atoms with Gasteiger partial charge >= 0.3 is 0 Å². The number of thioether (sulfide) groups is 1. The molecule has 4 aromatic rings. The molecule has 0 spiro atoms. The summed E-state index contributed by atoms with van der Waals surface area (Å²) in [5, 5.41) is 3.38. The molecule has 0 unspecified atom stereocenters. The number of nitrogens with one attached hydrogen (secondary N) is 1. The fourth-order valence-electron chi connectivity index (χ4n) is 3.26. The molecular formula is C24H26N4O2S. The van der Waals surface area contributed by atoms with E-state index in [0.29, 0.717) is 22.6 Å². The molecular weight excluding hydrogens is 408 g/mol. The first-order valence-corrected chi connectivity index (χ1v) is 11.1. The van der Waals surface area contributed by atoms with Crippen LogP contribution in [0.25, 0.3) is 17.0 Å². The Morgan fingerprint density at radius 1 is 1.06 bits per heavy atom. The summed E-state index contributed by atoms with van der Waals surface area (Å²) >= 11 is 1.41. The van der Waals surface area contributed by atoms with Gasteiger partial charge in [0.1, 0.15) is 11.7 Å². The van der Waals surface area contributed by atoms with Gasteiger partial charge in [0.2, 0.25) is 0 Å². The fourth-order valence-corrected chi connectivity index (χ4v) is 3.97. The van der Waals surface area contributed by atoms with Gasteiger partial charge in [-0.2, -0.15) is 0 Å². The summed E-state index contributed by atoms with van der Waals surface area (Å²) < 4.78 is 7.58. The number of aromatic nitrogens is 4. The van der Waals surface area contributed by atoms with Crippen LogP contribution in [0.15, 0.2) is 58.5 Å². The quantitative estimate of drug-likeness (QED) is 0.348. The van der Waals surface area contributed by atoms with E-state index in [1.165, 1.54) is 29.0 Å². The molecule has 31 heavy (non-hydrogen) atoms. The number of hydrogen-bond acceptors (Lipinski definition) is 5. The highest BCUT2D eigenvalue weighted by molar-refractivity contribution is 7.99. The van der Waals surface area contributed by atoms with Crippen molar-refractivity contribution in [2.45, 2.75) is 45.2 Å². The highest BCUT2D eigenvalue weighted by Crippen LogP contribution is 2.27. The van der Waals surface area contributed by atoms with Crippen LogP contribution in [-0.4, -0.2) is 25.5 Å². The third kappa shape index (κ3) is 4.51. The average Bonchev–Trinajstić information content (AvgIpc) is 3.11. The molecule has 2 aromatic heterocycles. The van der Waals surface area contributed by atoms with Gasteiger partial charge in [-0.25, -0.2) is 14.5 Å². The molecule has 7 heteroatoms. The smallest absolute Gasteiger partial charge is 0.266 e. The third-order valence-corrected chi connectivity index (χ3v) is 6.06. The number of ether oxygens (including phenoxy) is 1. The molecule has 0 radical (unpaired) electrons. The lowest BCUT2D eigenvalue weighted by atomic mass is 9.87. The van der Waals surface area contributed by atoms with Crippen LogP contribution in [0, 0.1) is 13.8 Å². The molecule has 0 aliphatic heterocycles. The first-order valence-electron chi connectivity index (χ1n) is 10.1. The van der Waals surface area contributed by atoms with Crippen molar-refractivity contribution >= 4 is 17.4 Å². The van der Waals surface area contributed by atoms with Crippen LogP contribution in [0.4, 0.5) is 0 Å². The predicted octanol–water partition coefficient (Wildman–Crippen LogP) is 5.13. The molecule has 2 aromatic carbocycles. The Morgan fingerprint density at radius 2 is 1.81 bits per heavy atom. The summed E-state index contributed by atoms with van der Waals surface area (Å²) in [6.45, 7) is 10.6. The molecule has 0 aliphatic rings. The van der Waals surface area contributed by atoms with Crippen molar-refractivity contribution in [1.82, 2.24) is 19.6 Å². The first kappa shape index (κ1) is 21.2. The molecule has 6 nitrogen and oxygen atoms in total. The maximum absolute atomic E-state index is 11.9. The van der Waals surface area contributed by atoms with Crippen LogP contribution < -0.4 is 10.3 Å². The zero-order valence-corrected chi connectivity index (χ0v) is 19.2. The molecule has 160 valence electrons. The average molecular weight is 435 g/mol. The minimum Gasteiger partial charge on any atom is -0.482 e. The van der Waals surface area contributed by atoms with Gasteiger partial charge in [0.05, 0.1) is 0 Å². The Bertz CT molecular complexity index is 1280. The number of aryl methyl sites for hydroxylation is 1. The summed E-state index contributed by atoms with van der Waals surface area (Å²) in [5.41, 5.74) is 4.83. The normalized spacial score (nSPS) is 11.8. The van der Waals surface area contributed by atoms with E-state index in [-0.39, 0.29) is 11.0 Å². The van der Waals surface area contributed by atoms with E-state index in [0.717, 1.165) is 16.9 Å². The Hall–Kier alpha value is -3.06. The maximum Gasteiger partial charge on any atom is 0.266 e. The summed E-state index contributed by atoms with van der Waals surface area (Å²) in [5.74, 6) is 1.78. The van der Waals surface area contributed by atoms with Crippen LogP contribution in [0.2, 0.25) is 0 Å². The number of benzene rings is 2. The lowest BCUT2D eigenvalue weighted by molar-refractivity contribution is 0.389. The van der Waals surface area contributed by atoms with Gasteiger partial charge in [-0.05, 0) is 53.8 Å². The molecule has 0 aliphatic carbocycles. The summed E-state index contributed by atoms with van der Waals surface area (Å²) in [6, 6.07) is 15.7. The maximum atomic E-state index is 11.9. The Kier molecular flexibility index (Phi) is 5.62. The van der Waals surface area contributed by atoms with E-state index >= 15 is 0 Å². The number of aromatic amines is 1. The van der Waals surface area contributed by atoms with Crippen molar-refractivity contribution < 1.29 is 4.74 Å². The zero-order valence-electron chi connectivity index (χ0n) is 18.4. The lowest BCUT2D eigenvalue weighted by Gasteiger charge is -2.19. The third-order valence-electron chi connectivity index (χ3n) is 5.29. The number of rotatable bonds is 5. The Labute approximate surface area is 185 Å². The minimum atomic E-state index is -0.216. The van der Waals surface area contributed by atoms with Gasteiger partial charge in [0.25, 0.3) is 5.56 Å². The van der Waals surface area contributed by atoms with Gasteiger partial charge in [-0.15, -0.1) is 0 Å². The molecule has 4 rings (SSSR count). The topological polar surface area (TPSA) is 72.3 Å². The van der Waals surface area contributed by atoms with Gasteiger partial charge in [0, 0.05) is 11.6 Å². The molecule has 0 saturated heterocycles. The first-order chi connectivity index (χ1) is 14.7. The van der Waals surface area contributed by atoms with Crippen LogP contribution in [0.3, 0.4) is 0 Å². The van der Waals surface area contributed by atoms with Crippen molar-refractivity contribution in [3.05, 3.63) is 75.6 Å². The van der Waals surface area contributed by atoms with Crippen molar-refractivity contribution in [3.8, 4) is 17.1 Å². The molecule has 0 bridgehead atoms. The second-order valence-electron chi connectivity index (χ2n) is 8.58. The number of fused-ring (bicyclic) bond motifs is 1. The van der Waals surface area contributed by atoms with Crippen molar-refractivity contribution in [1.29, 1.82) is 0 Å². The van der Waals surface area contributed by atoms with Crippen LogP contribution in [-0.2, 0) is 5.41 Å². The highest BCUT2D eigenvalue weighted by atomic mass is 32.2. The lowest BCUT2D eigenvalue weighted by Crippen LogP contribution is -2.10. The molecule has 1 N–H and O–H groups in total. The SMILES string of the molecule is Cc1cccc(OCSc2nc(-c3ccc(C(C)(C)C)cc3)nc3cc(=O)[nH]n23)c1C. The van der Waals surface area contributed by atoms with Crippen LogP contribution in [0.1, 0.15) is 37.5 Å². The number of hydrogen-bond donors (Lipinski definition) is 1. The fraction of sp³-hybridized carbons (Fsp3) is 0.292. The Morgan fingerprint density at radius 3 is 2.52 bits per heavy atom. The number of nitrogens with zero attached hydrogens (tertiary/aromatic N) is 3. The second-order valence-corrected chi connectivity index (χ2v) is 9.47. The number of H-pyrrole nitrogens is 1. The van der Waals surface area contributed by atoms with Crippen LogP contribution in [0.5, 0.6) is 5.75 Å². The van der Waals surface area contributed by atoms with E-state index in [2.05, 4.69) is 56.0 Å². The van der Waals surface area contributed by atoms with E-state index < -0.39 is 0 Å². The van der Waals surface area contributed by atoms with Gasteiger partial charge in [0.15, 0.2) is 16.6 Å². The molecule has 0 amide bonds. The highest BCUT2D eigenvalue weighted by Gasteiger charge is 2.15. The summed E-state index contributed by atoms with van der Waals surface area (Å²) in [7, 11) is 0. The Balaban J connectivity index is 1.63. The van der Waals surface area contributed by atoms with Gasteiger partial charge in [-0.1, -0.05) is 57.2 Å². The molecule has 0 saturated carbocycles. The minimum absolute atomic E-state index is 0.0730. The van der Waals surface area contributed by atoms with Crippen molar-refractivity contribution in [3.63, 3.8) is 0 Å². The zero-order chi connectivity index (χ0) is 22.2. The van der Waals surface area contributed by atoms with E-state index in [4.69, 9.17) is 9.72 Å². The second kappa shape index (κ2) is 8.23. The van der Waals surface area contributed by atoms with Crippen molar-refractivity contribution in [2.24, 2.45) is 0 Å². The standard InChI is InChI=1S/C24H26N4O2S/c1-15-7-6-8-19(16(15)2)30-14-31-23-26-22(25-20-13-21(29)27-28(20)23)17-9-11-18(12-10-17)24(3,4)5/h6-13H,14H2,1-5H3,(H,27,29). The van der Waals surface area contributed by atoms with Crippen molar-refractivity contribution in [2.75, 3.05) is 5.94 Å². The van der Waals surface area contributed by atoms with E-state index in [9.17, 15) is 4.79 Å². The van der Waals surface area contributed by atoms with E-state index in [1.807, 2.05) is 31.2 Å². The molecule has 2 heterocycles. The predicted molar refractivity (Wildman–Crippen MR) is 125 cm³/mol. The van der Waals surface area contributed by atoms with Crippen LogP contribution >= 0.6 is 11.8 Å². The summed E-state index contributed by atoms with van der Waals surface area (Å²) in [4.78, 5) is 21.2. The molecule has 0 atom stereocenters. The van der Waals surface area contributed by atoms with Gasteiger partial charge in [-0.3, -0.25) is 9.89 Å². The van der Waals surface area contributed by atoms with E-state index in [1.54, 1.807) is 4.52 Å². The molecule has 0 fully saturated rings. The summed E-state index contributed by atoms with van der Waals surface area (Å²) in [6.07, 6.45) is 0. The van der Waals surface area contributed by atoms with Gasteiger partial charge < -0.3 is 4.74 Å². The monoisotopic (exact) mass is 434 g/mol. The largest absolute Gasteiger partial charge is 0.482 e.